The summed E-state index contributed by atoms with van der Waals surface area (Å²) in [6.45, 7) is 0.00919. The van der Waals surface area contributed by atoms with Gasteiger partial charge in [0.15, 0.2) is 6.10 Å². The van der Waals surface area contributed by atoms with Crippen molar-refractivity contribution in [3.8, 4) is 0 Å². The molecule has 1 aliphatic rings. The van der Waals surface area contributed by atoms with Crippen LogP contribution < -0.4 is 5.32 Å². The number of amides is 1. The smallest absolute Gasteiger partial charge is 0.332 e. The van der Waals surface area contributed by atoms with Crippen LogP contribution in [0.4, 0.5) is 0 Å². The number of ether oxygens (including phenoxy) is 1. The molecule has 0 radical (unpaired) electrons. The number of carboxylic acid groups (broad SMARTS) is 1. The van der Waals surface area contributed by atoms with Gasteiger partial charge in [-0.15, -0.1) is 0 Å². The summed E-state index contributed by atoms with van der Waals surface area (Å²) >= 11 is 0. The standard InChI is InChI=1S/C9H15NO6S/c1-17(14,15)5-4-10-8(11)6-2-3-7(16-6)9(12)13/h6-7H,2-5H2,1H3,(H,10,11)(H,12,13)/t6-,7+/m0/s1. The number of rotatable bonds is 5. The minimum atomic E-state index is -3.12. The topological polar surface area (TPSA) is 110 Å². The SMILES string of the molecule is CS(=O)(=O)CCNC(=O)[C@@H]1CC[C@H](C(=O)O)O1. The Morgan fingerprint density at radius 2 is 1.94 bits per heavy atom. The van der Waals surface area contributed by atoms with E-state index in [2.05, 4.69) is 5.32 Å². The van der Waals surface area contributed by atoms with Crippen LogP contribution in [0.3, 0.4) is 0 Å². The van der Waals surface area contributed by atoms with Crippen molar-refractivity contribution in [2.24, 2.45) is 0 Å². The molecule has 98 valence electrons. The number of carbonyl (C=O) groups excluding carboxylic acids is 1. The largest absolute Gasteiger partial charge is 0.479 e. The van der Waals surface area contributed by atoms with Gasteiger partial charge in [0.2, 0.25) is 5.91 Å². The molecule has 0 aromatic rings. The third kappa shape index (κ3) is 4.70. The Morgan fingerprint density at radius 3 is 2.41 bits per heavy atom. The summed E-state index contributed by atoms with van der Waals surface area (Å²) in [6.07, 6.45) is -0.0383. The third-order valence-corrected chi connectivity index (χ3v) is 3.31. The van der Waals surface area contributed by atoms with Crippen molar-refractivity contribution < 1.29 is 27.9 Å². The lowest BCUT2D eigenvalue weighted by Crippen LogP contribution is -2.37. The van der Waals surface area contributed by atoms with E-state index in [0.717, 1.165) is 6.26 Å². The molecule has 1 rings (SSSR count). The highest BCUT2D eigenvalue weighted by molar-refractivity contribution is 7.90. The zero-order valence-corrected chi connectivity index (χ0v) is 10.2. The van der Waals surface area contributed by atoms with E-state index < -0.39 is 33.9 Å². The van der Waals surface area contributed by atoms with Gasteiger partial charge in [0.05, 0.1) is 5.75 Å². The quantitative estimate of drug-likeness (QED) is 0.644. The molecule has 1 fully saturated rings. The highest BCUT2D eigenvalue weighted by atomic mass is 32.2. The van der Waals surface area contributed by atoms with E-state index >= 15 is 0 Å². The fourth-order valence-corrected chi connectivity index (χ4v) is 1.96. The van der Waals surface area contributed by atoms with E-state index in [-0.39, 0.29) is 12.3 Å². The Hall–Kier alpha value is -1.15. The molecule has 0 spiro atoms. The van der Waals surface area contributed by atoms with Gasteiger partial charge in [0, 0.05) is 12.8 Å². The van der Waals surface area contributed by atoms with Crippen LogP contribution in [0, 0.1) is 0 Å². The molecule has 1 amide bonds. The number of carbonyl (C=O) groups is 2. The molecule has 2 N–H and O–H groups in total. The van der Waals surface area contributed by atoms with Crippen molar-refractivity contribution in [3.05, 3.63) is 0 Å². The summed E-state index contributed by atoms with van der Waals surface area (Å²) < 4.78 is 26.6. The first-order valence-corrected chi connectivity index (χ1v) is 7.19. The van der Waals surface area contributed by atoms with Gasteiger partial charge in [-0.25, -0.2) is 13.2 Å². The summed E-state index contributed by atoms with van der Waals surface area (Å²) in [5, 5.41) is 11.1. The number of nitrogens with one attached hydrogen (secondary N) is 1. The molecule has 8 heteroatoms. The van der Waals surface area contributed by atoms with Crippen molar-refractivity contribution in [2.45, 2.75) is 25.0 Å². The molecule has 2 atom stereocenters. The Labute approximate surface area is 99.1 Å². The molecule has 0 aromatic heterocycles. The van der Waals surface area contributed by atoms with Crippen molar-refractivity contribution in [1.82, 2.24) is 5.32 Å². The molecule has 1 aliphatic heterocycles. The van der Waals surface area contributed by atoms with E-state index in [1.54, 1.807) is 0 Å². The van der Waals surface area contributed by atoms with Crippen molar-refractivity contribution in [2.75, 3.05) is 18.6 Å². The Morgan fingerprint density at radius 1 is 1.35 bits per heavy atom. The Balaban J connectivity index is 2.33. The summed E-state index contributed by atoms with van der Waals surface area (Å²) in [5.74, 6) is -1.69. The zero-order chi connectivity index (χ0) is 13.1. The van der Waals surface area contributed by atoms with Gasteiger partial charge >= 0.3 is 5.97 Å². The fourth-order valence-electron chi connectivity index (χ4n) is 1.49. The van der Waals surface area contributed by atoms with Gasteiger partial charge in [-0.1, -0.05) is 0 Å². The van der Waals surface area contributed by atoms with Gasteiger partial charge in [-0.3, -0.25) is 4.79 Å². The van der Waals surface area contributed by atoms with Crippen LogP contribution >= 0.6 is 0 Å². The van der Waals surface area contributed by atoms with Gasteiger partial charge in [0.25, 0.3) is 0 Å². The molecule has 0 aliphatic carbocycles. The summed E-state index contributed by atoms with van der Waals surface area (Å²) in [6, 6.07) is 0. The number of hydrogen-bond acceptors (Lipinski definition) is 5. The molecule has 0 unspecified atom stereocenters. The molecular weight excluding hydrogens is 250 g/mol. The van der Waals surface area contributed by atoms with Crippen LogP contribution in [0.5, 0.6) is 0 Å². The van der Waals surface area contributed by atoms with E-state index in [4.69, 9.17) is 9.84 Å². The van der Waals surface area contributed by atoms with Gasteiger partial charge in [-0.05, 0) is 12.8 Å². The summed E-state index contributed by atoms with van der Waals surface area (Å²) in [4.78, 5) is 22.1. The number of sulfone groups is 1. The fraction of sp³-hybridized carbons (Fsp3) is 0.778. The first-order valence-electron chi connectivity index (χ1n) is 5.13. The second-order valence-electron chi connectivity index (χ2n) is 3.95. The van der Waals surface area contributed by atoms with Crippen LogP contribution in [0.15, 0.2) is 0 Å². The van der Waals surface area contributed by atoms with Crippen LogP contribution in [-0.4, -0.2) is 56.2 Å². The lowest BCUT2D eigenvalue weighted by molar-refractivity contribution is -0.151. The number of hydrogen-bond donors (Lipinski definition) is 2. The first kappa shape index (κ1) is 13.9. The lowest BCUT2D eigenvalue weighted by Gasteiger charge is -2.11. The minimum absolute atomic E-state index is 0.00919. The van der Waals surface area contributed by atoms with Crippen LogP contribution in [0.2, 0.25) is 0 Å². The van der Waals surface area contributed by atoms with Crippen molar-refractivity contribution in [3.63, 3.8) is 0 Å². The van der Waals surface area contributed by atoms with E-state index in [1.165, 1.54) is 0 Å². The molecule has 17 heavy (non-hydrogen) atoms. The normalized spacial score (nSPS) is 24.5. The second-order valence-corrected chi connectivity index (χ2v) is 6.21. The number of carboxylic acids is 1. The highest BCUT2D eigenvalue weighted by Gasteiger charge is 2.34. The molecule has 1 saturated heterocycles. The summed E-state index contributed by atoms with van der Waals surface area (Å²) in [7, 11) is -3.12. The predicted octanol–water partition coefficient (Wildman–Crippen LogP) is -1.22. The average molecular weight is 265 g/mol. The van der Waals surface area contributed by atoms with E-state index in [1.807, 2.05) is 0 Å². The zero-order valence-electron chi connectivity index (χ0n) is 9.38. The van der Waals surface area contributed by atoms with Crippen LogP contribution in [-0.2, 0) is 24.2 Å². The minimum Gasteiger partial charge on any atom is -0.479 e. The Kier molecular flexibility index (Phi) is 4.47. The third-order valence-electron chi connectivity index (χ3n) is 2.36. The predicted molar refractivity (Wildman–Crippen MR) is 58.3 cm³/mol. The maximum atomic E-state index is 11.5. The van der Waals surface area contributed by atoms with Crippen molar-refractivity contribution in [1.29, 1.82) is 0 Å². The lowest BCUT2D eigenvalue weighted by atomic mass is 10.2. The van der Waals surface area contributed by atoms with Crippen LogP contribution in [0.25, 0.3) is 0 Å². The monoisotopic (exact) mass is 265 g/mol. The molecule has 1 heterocycles. The van der Waals surface area contributed by atoms with Crippen molar-refractivity contribution >= 4 is 21.7 Å². The number of aliphatic carboxylic acids is 1. The molecule has 0 bridgehead atoms. The van der Waals surface area contributed by atoms with Gasteiger partial charge in [-0.2, -0.15) is 0 Å². The second kappa shape index (κ2) is 5.46. The maximum Gasteiger partial charge on any atom is 0.332 e. The van der Waals surface area contributed by atoms with Crippen LogP contribution in [0.1, 0.15) is 12.8 Å². The van der Waals surface area contributed by atoms with Gasteiger partial charge < -0.3 is 15.2 Å². The summed E-state index contributed by atoms with van der Waals surface area (Å²) in [5.41, 5.74) is 0. The average Bonchev–Trinajstić information content (AvgIpc) is 2.63. The molecule has 7 nitrogen and oxygen atoms in total. The first-order chi connectivity index (χ1) is 7.79. The van der Waals surface area contributed by atoms with Gasteiger partial charge in [0.1, 0.15) is 15.9 Å². The molecule has 0 aromatic carbocycles. The van der Waals surface area contributed by atoms with E-state index in [9.17, 15) is 18.0 Å². The molecular formula is C9H15NO6S. The molecule has 0 saturated carbocycles. The maximum absolute atomic E-state index is 11.5. The Bertz CT molecular complexity index is 404. The highest BCUT2D eigenvalue weighted by Crippen LogP contribution is 2.19. The van der Waals surface area contributed by atoms with E-state index in [0.29, 0.717) is 12.8 Å².